The van der Waals surface area contributed by atoms with Gasteiger partial charge in [-0.3, -0.25) is 9.59 Å². The molecular weight excluding hydrogens is 262 g/mol. The highest BCUT2D eigenvalue weighted by Crippen LogP contribution is 2.31. The Bertz CT molecular complexity index is 585. The molecule has 7 nitrogen and oxygen atoms in total. The van der Waals surface area contributed by atoms with E-state index in [0.717, 1.165) is 11.3 Å². The molecule has 1 aliphatic rings. The van der Waals surface area contributed by atoms with E-state index in [9.17, 15) is 19.5 Å². The number of hydrogen-bond acceptors (Lipinski definition) is 4. The van der Waals surface area contributed by atoms with Gasteiger partial charge in [-0.15, -0.1) is 0 Å². The van der Waals surface area contributed by atoms with E-state index in [2.05, 4.69) is 5.32 Å². The van der Waals surface area contributed by atoms with Gasteiger partial charge in [0.15, 0.2) is 0 Å². The Morgan fingerprint density at radius 2 is 2.20 bits per heavy atom. The predicted molar refractivity (Wildman–Crippen MR) is 71.1 cm³/mol. The minimum absolute atomic E-state index is 0.148. The Labute approximate surface area is 115 Å². The molecule has 0 fully saturated rings. The molecule has 7 heteroatoms. The molecule has 0 saturated heterocycles. The van der Waals surface area contributed by atoms with Gasteiger partial charge in [0.25, 0.3) is 5.91 Å². The maximum atomic E-state index is 12.3. The van der Waals surface area contributed by atoms with E-state index in [-0.39, 0.29) is 6.54 Å². The van der Waals surface area contributed by atoms with Crippen molar-refractivity contribution in [2.45, 2.75) is 19.0 Å². The summed E-state index contributed by atoms with van der Waals surface area (Å²) in [6.45, 7) is 0.148. The van der Waals surface area contributed by atoms with Crippen molar-refractivity contribution in [2.24, 2.45) is 5.73 Å². The number of carboxylic acid groups (broad SMARTS) is 1. The molecule has 1 aliphatic heterocycles. The first-order valence-electron chi connectivity index (χ1n) is 6.07. The van der Waals surface area contributed by atoms with Crippen molar-refractivity contribution in [3.05, 3.63) is 29.3 Å². The maximum absolute atomic E-state index is 12.3. The summed E-state index contributed by atoms with van der Waals surface area (Å²) < 4.78 is 0. The second kappa shape index (κ2) is 5.20. The van der Waals surface area contributed by atoms with Crippen LogP contribution in [0, 0.1) is 0 Å². The first kappa shape index (κ1) is 13.9. The SMILES string of the molecule is CNc1cccc2c1CN(C(CC(N)=O)C(=O)O)C2=O. The number of amides is 2. The lowest BCUT2D eigenvalue weighted by Gasteiger charge is -2.23. The molecule has 106 valence electrons. The normalized spacial score (nSPS) is 14.8. The molecule has 1 aromatic carbocycles. The Kier molecular flexibility index (Phi) is 3.60. The quantitative estimate of drug-likeness (QED) is 0.702. The molecule has 1 unspecified atom stereocenters. The zero-order valence-electron chi connectivity index (χ0n) is 10.9. The first-order chi connectivity index (χ1) is 9.45. The van der Waals surface area contributed by atoms with Crippen LogP contribution in [0.5, 0.6) is 0 Å². The molecule has 0 radical (unpaired) electrons. The van der Waals surface area contributed by atoms with Crippen LogP contribution in [0.15, 0.2) is 18.2 Å². The molecule has 2 rings (SSSR count). The van der Waals surface area contributed by atoms with Crippen LogP contribution < -0.4 is 11.1 Å². The number of rotatable bonds is 5. The summed E-state index contributed by atoms with van der Waals surface area (Å²) in [7, 11) is 1.72. The van der Waals surface area contributed by atoms with Gasteiger partial charge in [-0.1, -0.05) is 6.07 Å². The van der Waals surface area contributed by atoms with Crippen LogP contribution in [-0.2, 0) is 16.1 Å². The lowest BCUT2D eigenvalue weighted by molar-refractivity contribution is -0.144. The number of hydrogen-bond donors (Lipinski definition) is 3. The third-order valence-corrected chi connectivity index (χ3v) is 3.32. The number of carbonyl (C=O) groups excluding carboxylic acids is 2. The van der Waals surface area contributed by atoms with Crippen LogP contribution >= 0.6 is 0 Å². The van der Waals surface area contributed by atoms with Crippen molar-refractivity contribution >= 4 is 23.5 Å². The molecular formula is C13H15N3O4. The number of anilines is 1. The fourth-order valence-electron chi connectivity index (χ4n) is 2.36. The summed E-state index contributed by atoms with van der Waals surface area (Å²) in [6, 6.07) is 3.92. The summed E-state index contributed by atoms with van der Waals surface area (Å²) >= 11 is 0. The molecule has 20 heavy (non-hydrogen) atoms. The summed E-state index contributed by atoms with van der Waals surface area (Å²) in [6.07, 6.45) is -0.399. The van der Waals surface area contributed by atoms with Crippen molar-refractivity contribution in [1.29, 1.82) is 0 Å². The largest absolute Gasteiger partial charge is 0.480 e. The number of carboxylic acids is 1. The number of benzene rings is 1. The standard InChI is InChI=1S/C13H15N3O4/c1-15-9-4-2-3-7-8(9)6-16(12(7)18)10(13(19)20)5-11(14)17/h2-4,10,15H,5-6H2,1H3,(H2,14,17)(H,19,20). The molecule has 4 N–H and O–H groups in total. The molecule has 0 aliphatic carbocycles. The van der Waals surface area contributed by atoms with Gasteiger partial charge < -0.3 is 21.1 Å². The Morgan fingerprint density at radius 1 is 1.50 bits per heavy atom. The molecule has 0 saturated carbocycles. The van der Waals surface area contributed by atoms with E-state index < -0.39 is 30.2 Å². The van der Waals surface area contributed by atoms with E-state index in [4.69, 9.17) is 5.73 Å². The first-order valence-corrected chi connectivity index (χ1v) is 6.07. The summed E-state index contributed by atoms with van der Waals surface area (Å²) in [5.41, 5.74) is 7.00. The highest BCUT2D eigenvalue weighted by Gasteiger charge is 2.38. The van der Waals surface area contributed by atoms with Crippen LogP contribution in [0.3, 0.4) is 0 Å². The topological polar surface area (TPSA) is 113 Å². The van der Waals surface area contributed by atoms with Gasteiger partial charge in [0, 0.05) is 30.4 Å². The molecule has 1 aromatic rings. The fourth-order valence-corrected chi connectivity index (χ4v) is 2.36. The predicted octanol–water partition coefficient (Wildman–Crippen LogP) is 0.0127. The van der Waals surface area contributed by atoms with Crippen molar-refractivity contribution in [1.82, 2.24) is 4.90 Å². The molecule has 1 heterocycles. The number of primary amides is 1. The highest BCUT2D eigenvalue weighted by atomic mass is 16.4. The number of fused-ring (bicyclic) bond motifs is 1. The lowest BCUT2D eigenvalue weighted by Crippen LogP contribution is -2.43. The van der Waals surface area contributed by atoms with E-state index in [1.54, 1.807) is 25.2 Å². The number of nitrogens with two attached hydrogens (primary N) is 1. The third kappa shape index (κ3) is 2.29. The van der Waals surface area contributed by atoms with Gasteiger partial charge in [-0.2, -0.15) is 0 Å². The second-order valence-electron chi connectivity index (χ2n) is 4.54. The van der Waals surface area contributed by atoms with Gasteiger partial charge >= 0.3 is 5.97 Å². The van der Waals surface area contributed by atoms with Crippen molar-refractivity contribution in [3.8, 4) is 0 Å². The van der Waals surface area contributed by atoms with Crippen molar-refractivity contribution < 1.29 is 19.5 Å². The minimum Gasteiger partial charge on any atom is -0.480 e. The number of aliphatic carboxylic acids is 1. The lowest BCUT2D eigenvalue weighted by atomic mass is 10.1. The van der Waals surface area contributed by atoms with E-state index >= 15 is 0 Å². The van der Waals surface area contributed by atoms with Gasteiger partial charge in [0.05, 0.1) is 6.42 Å². The highest BCUT2D eigenvalue weighted by molar-refractivity contribution is 6.02. The van der Waals surface area contributed by atoms with E-state index in [0.29, 0.717) is 5.56 Å². The summed E-state index contributed by atoms with van der Waals surface area (Å²) in [5.74, 6) is -2.39. The van der Waals surface area contributed by atoms with E-state index in [1.165, 1.54) is 4.90 Å². The monoisotopic (exact) mass is 277 g/mol. The van der Waals surface area contributed by atoms with Crippen LogP contribution in [-0.4, -0.2) is 40.9 Å². The number of nitrogens with zero attached hydrogens (tertiary/aromatic N) is 1. The molecule has 2 amide bonds. The van der Waals surface area contributed by atoms with Crippen molar-refractivity contribution in [3.63, 3.8) is 0 Å². The fraction of sp³-hybridized carbons (Fsp3) is 0.308. The summed E-state index contributed by atoms with van der Waals surface area (Å²) in [5, 5.41) is 12.1. The minimum atomic E-state index is -1.24. The number of nitrogens with one attached hydrogen (secondary N) is 1. The van der Waals surface area contributed by atoms with Gasteiger partial charge in [0.2, 0.25) is 5.91 Å². The van der Waals surface area contributed by atoms with E-state index in [1.807, 2.05) is 0 Å². The Morgan fingerprint density at radius 3 is 2.75 bits per heavy atom. The van der Waals surface area contributed by atoms with Crippen LogP contribution in [0.25, 0.3) is 0 Å². The zero-order chi connectivity index (χ0) is 14.9. The molecule has 1 atom stereocenters. The van der Waals surface area contributed by atoms with Gasteiger partial charge in [-0.25, -0.2) is 4.79 Å². The van der Waals surface area contributed by atoms with Crippen molar-refractivity contribution in [2.75, 3.05) is 12.4 Å². The maximum Gasteiger partial charge on any atom is 0.326 e. The number of carbonyl (C=O) groups is 3. The van der Waals surface area contributed by atoms with Crippen LogP contribution in [0.4, 0.5) is 5.69 Å². The third-order valence-electron chi connectivity index (χ3n) is 3.32. The summed E-state index contributed by atoms with van der Waals surface area (Å²) in [4.78, 5) is 35.7. The van der Waals surface area contributed by atoms with Crippen LogP contribution in [0.1, 0.15) is 22.3 Å². The smallest absolute Gasteiger partial charge is 0.326 e. The molecule has 0 bridgehead atoms. The average molecular weight is 277 g/mol. The zero-order valence-corrected chi connectivity index (χ0v) is 10.9. The second-order valence-corrected chi connectivity index (χ2v) is 4.54. The molecule has 0 aromatic heterocycles. The Hall–Kier alpha value is -2.57. The average Bonchev–Trinajstić information content (AvgIpc) is 2.73. The molecule has 0 spiro atoms. The van der Waals surface area contributed by atoms with Crippen LogP contribution in [0.2, 0.25) is 0 Å². The van der Waals surface area contributed by atoms with Gasteiger partial charge in [0.1, 0.15) is 6.04 Å². The van der Waals surface area contributed by atoms with Gasteiger partial charge in [-0.05, 0) is 12.1 Å². The Balaban J connectivity index is 2.35.